The van der Waals surface area contributed by atoms with Gasteiger partial charge in [-0.3, -0.25) is 4.79 Å². The quantitative estimate of drug-likeness (QED) is 0.726. The maximum atomic E-state index is 12.9. The maximum Gasteiger partial charge on any atom is 0.277 e. The predicted molar refractivity (Wildman–Crippen MR) is 84.0 cm³/mol. The van der Waals surface area contributed by atoms with Gasteiger partial charge in [-0.25, -0.2) is 13.8 Å². The second-order valence-electron chi connectivity index (χ2n) is 4.93. The van der Waals surface area contributed by atoms with Crippen LogP contribution in [0.15, 0.2) is 24.3 Å². The number of carbonyl (C=O) groups is 1. The van der Waals surface area contributed by atoms with Gasteiger partial charge in [0, 0.05) is 0 Å². The van der Waals surface area contributed by atoms with E-state index in [1.165, 1.54) is 11.8 Å². The summed E-state index contributed by atoms with van der Waals surface area (Å²) in [4.78, 5) is 19.2. The first-order chi connectivity index (χ1) is 10.4. The van der Waals surface area contributed by atoms with Crippen molar-refractivity contribution >= 4 is 28.7 Å². The van der Waals surface area contributed by atoms with Gasteiger partial charge in [-0.2, -0.15) is 0 Å². The van der Waals surface area contributed by atoms with Gasteiger partial charge in [-0.1, -0.05) is 12.1 Å². The SMILES string of the molecule is CC(SCC(=O)NCC(F)(F)CN)c1nc2ccccc2[nH]1. The number of alkyl halides is 2. The van der Waals surface area contributed by atoms with Gasteiger partial charge >= 0.3 is 0 Å². The lowest BCUT2D eigenvalue weighted by Crippen LogP contribution is -2.42. The zero-order valence-corrected chi connectivity index (χ0v) is 12.9. The second kappa shape index (κ2) is 7.06. The van der Waals surface area contributed by atoms with Crippen LogP contribution in [0.4, 0.5) is 8.78 Å². The van der Waals surface area contributed by atoms with Crippen LogP contribution >= 0.6 is 11.8 Å². The van der Waals surface area contributed by atoms with Crippen molar-refractivity contribution in [2.24, 2.45) is 5.73 Å². The van der Waals surface area contributed by atoms with E-state index in [1.807, 2.05) is 31.2 Å². The number of para-hydroxylation sites is 2. The number of rotatable bonds is 7. The van der Waals surface area contributed by atoms with E-state index < -0.39 is 24.9 Å². The minimum Gasteiger partial charge on any atom is -0.349 e. The van der Waals surface area contributed by atoms with Crippen LogP contribution in [0.1, 0.15) is 18.0 Å². The largest absolute Gasteiger partial charge is 0.349 e. The summed E-state index contributed by atoms with van der Waals surface area (Å²) in [5.41, 5.74) is 6.69. The number of fused-ring (bicyclic) bond motifs is 1. The van der Waals surface area contributed by atoms with Crippen LogP contribution in [0.25, 0.3) is 11.0 Å². The van der Waals surface area contributed by atoms with E-state index in [1.54, 1.807) is 0 Å². The highest BCUT2D eigenvalue weighted by atomic mass is 32.2. The molecule has 1 aromatic carbocycles. The molecule has 120 valence electrons. The monoisotopic (exact) mass is 328 g/mol. The predicted octanol–water partition coefficient (Wildman–Crippen LogP) is 2.07. The number of aromatic amines is 1. The number of amides is 1. The third-order valence-corrected chi connectivity index (χ3v) is 4.25. The Hall–Kier alpha value is -1.67. The topological polar surface area (TPSA) is 83.8 Å². The molecule has 0 aliphatic rings. The normalized spacial score (nSPS) is 13.3. The molecule has 0 aliphatic heterocycles. The molecule has 1 amide bonds. The number of nitrogens with one attached hydrogen (secondary N) is 2. The summed E-state index contributed by atoms with van der Waals surface area (Å²) >= 11 is 1.33. The van der Waals surface area contributed by atoms with Crippen molar-refractivity contribution in [3.05, 3.63) is 30.1 Å². The molecule has 0 bridgehead atoms. The van der Waals surface area contributed by atoms with Gasteiger partial charge in [0.05, 0.1) is 35.1 Å². The Morgan fingerprint density at radius 3 is 2.91 bits per heavy atom. The number of aromatic nitrogens is 2. The van der Waals surface area contributed by atoms with Gasteiger partial charge in [-0.05, 0) is 19.1 Å². The summed E-state index contributed by atoms with van der Waals surface area (Å²) in [6.45, 7) is 0.391. The van der Waals surface area contributed by atoms with E-state index in [0.29, 0.717) is 0 Å². The number of benzene rings is 1. The van der Waals surface area contributed by atoms with Gasteiger partial charge in [-0.15, -0.1) is 11.8 Å². The van der Waals surface area contributed by atoms with E-state index in [9.17, 15) is 13.6 Å². The molecule has 1 aromatic heterocycles. The van der Waals surface area contributed by atoms with Gasteiger partial charge in [0.2, 0.25) is 5.91 Å². The molecule has 5 nitrogen and oxygen atoms in total. The Balaban J connectivity index is 1.84. The van der Waals surface area contributed by atoms with Crippen molar-refractivity contribution in [3.8, 4) is 0 Å². The molecule has 0 saturated carbocycles. The fourth-order valence-electron chi connectivity index (χ4n) is 1.80. The molecule has 0 radical (unpaired) electrons. The number of nitrogens with zero attached hydrogens (tertiary/aromatic N) is 1. The molecular formula is C14H18F2N4OS. The van der Waals surface area contributed by atoms with Crippen LogP contribution in [-0.2, 0) is 4.79 Å². The standard InChI is InChI=1S/C14H18F2N4OS/c1-9(13-19-10-4-2-3-5-11(10)20-13)22-6-12(21)18-8-14(15,16)7-17/h2-5,9H,6-8,17H2,1H3,(H,18,21)(H,19,20). The lowest BCUT2D eigenvalue weighted by atomic mass is 10.3. The number of nitrogens with two attached hydrogens (primary N) is 1. The molecule has 1 atom stereocenters. The summed E-state index contributed by atoms with van der Waals surface area (Å²) in [5, 5.41) is 2.14. The molecule has 1 unspecified atom stereocenters. The summed E-state index contributed by atoms with van der Waals surface area (Å²) < 4.78 is 25.9. The second-order valence-corrected chi connectivity index (χ2v) is 6.26. The molecule has 22 heavy (non-hydrogen) atoms. The fourth-order valence-corrected chi connectivity index (χ4v) is 2.57. The molecule has 2 aromatic rings. The zero-order valence-electron chi connectivity index (χ0n) is 12.1. The Kier molecular flexibility index (Phi) is 5.36. The lowest BCUT2D eigenvalue weighted by molar-refractivity contribution is -0.120. The van der Waals surface area contributed by atoms with Crippen LogP contribution in [0.2, 0.25) is 0 Å². The third-order valence-electron chi connectivity index (χ3n) is 3.10. The number of hydrogen-bond acceptors (Lipinski definition) is 4. The van der Waals surface area contributed by atoms with Crippen LogP contribution in [0.5, 0.6) is 0 Å². The van der Waals surface area contributed by atoms with Gasteiger partial charge < -0.3 is 16.0 Å². The van der Waals surface area contributed by atoms with Crippen LogP contribution in [0, 0.1) is 0 Å². The summed E-state index contributed by atoms with van der Waals surface area (Å²) in [6, 6.07) is 7.63. The highest BCUT2D eigenvalue weighted by Crippen LogP contribution is 2.27. The molecule has 4 N–H and O–H groups in total. The number of hydrogen-bond donors (Lipinski definition) is 3. The number of halogens is 2. The minimum absolute atomic E-state index is 0.0480. The van der Waals surface area contributed by atoms with E-state index in [-0.39, 0.29) is 11.0 Å². The molecule has 0 aliphatic carbocycles. The van der Waals surface area contributed by atoms with Crippen molar-refractivity contribution in [2.45, 2.75) is 18.1 Å². The lowest BCUT2D eigenvalue weighted by Gasteiger charge is -2.15. The maximum absolute atomic E-state index is 12.9. The first-order valence-electron chi connectivity index (χ1n) is 6.82. The smallest absolute Gasteiger partial charge is 0.277 e. The van der Waals surface area contributed by atoms with Crippen molar-refractivity contribution in [2.75, 3.05) is 18.8 Å². The summed E-state index contributed by atoms with van der Waals surface area (Å²) in [7, 11) is 0. The van der Waals surface area contributed by atoms with Crippen molar-refractivity contribution in [1.82, 2.24) is 15.3 Å². The van der Waals surface area contributed by atoms with Gasteiger partial charge in [0.25, 0.3) is 5.92 Å². The van der Waals surface area contributed by atoms with E-state index in [2.05, 4.69) is 15.3 Å². The number of H-pyrrole nitrogens is 1. The van der Waals surface area contributed by atoms with Crippen molar-refractivity contribution in [1.29, 1.82) is 0 Å². The molecule has 1 heterocycles. The molecule has 0 fully saturated rings. The summed E-state index contributed by atoms with van der Waals surface area (Å²) in [6.07, 6.45) is 0. The molecule has 0 spiro atoms. The van der Waals surface area contributed by atoms with Crippen LogP contribution < -0.4 is 11.1 Å². The molecular weight excluding hydrogens is 310 g/mol. The van der Waals surface area contributed by atoms with E-state index >= 15 is 0 Å². The number of thioether (sulfide) groups is 1. The van der Waals surface area contributed by atoms with Gasteiger partial charge in [0.15, 0.2) is 0 Å². The first-order valence-corrected chi connectivity index (χ1v) is 7.87. The highest BCUT2D eigenvalue weighted by molar-refractivity contribution is 8.00. The Bertz CT molecular complexity index is 614. The number of imidazole rings is 1. The zero-order chi connectivity index (χ0) is 16.2. The summed E-state index contributed by atoms with van der Waals surface area (Å²) in [5.74, 6) is -2.67. The number of carbonyl (C=O) groups excluding carboxylic acids is 1. The fraction of sp³-hybridized carbons (Fsp3) is 0.429. The third kappa shape index (κ3) is 4.41. The van der Waals surface area contributed by atoms with E-state index in [4.69, 9.17) is 5.73 Å². The minimum atomic E-state index is -3.06. The average molecular weight is 328 g/mol. The average Bonchev–Trinajstić information content (AvgIpc) is 2.94. The Labute approximate surface area is 131 Å². The van der Waals surface area contributed by atoms with Gasteiger partial charge in [0.1, 0.15) is 5.82 Å². The molecule has 0 saturated heterocycles. The van der Waals surface area contributed by atoms with Crippen molar-refractivity contribution < 1.29 is 13.6 Å². The Morgan fingerprint density at radius 1 is 1.50 bits per heavy atom. The first kappa shape index (κ1) is 16.7. The molecule has 8 heteroatoms. The van der Waals surface area contributed by atoms with Crippen LogP contribution in [0.3, 0.4) is 0 Å². The highest BCUT2D eigenvalue weighted by Gasteiger charge is 2.27. The van der Waals surface area contributed by atoms with Crippen LogP contribution in [-0.4, -0.2) is 40.6 Å². The Morgan fingerprint density at radius 2 is 2.23 bits per heavy atom. The molecule has 2 rings (SSSR count). The van der Waals surface area contributed by atoms with E-state index in [0.717, 1.165) is 16.9 Å². The van der Waals surface area contributed by atoms with Crippen molar-refractivity contribution in [3.63, 3.8) is 0 Å².